The second kappa shape index (κ2) is 6.29. The molecule has 0 aliphatic heterocycles. The predicted molar refractivity (Wildman–Crippen MR) is 86.2 cm³/mol. The van der Waals surface area contributed by atoms with Crippen LogP contribution in [0.25, 0.3) is 5.65 Å². The molecule has 0 saturated carbocycles. The Morgan fingerprint density at radius 3 is 2.52 bits per heavy atom. The summed E-state index contributed by atoms with van der Waals surface area (Å²) in [5, 5.41) is 2.85. The summed E-state index contributed by atoms with van der Waals surface area (Å²) in [6, 6.07) is 8.92. The van der Waals surface area contributed by atoms with Crippen molar-refractivity contribution >= 4 is 28.8 Å². The van der Waals surface area contributed by atoms with Crippen LogP contribution in [0.3, 0.4) is 0 Å². The van der Waals surface area contributed by atoms with Crippen LogP contribution in [0.1, 0.15) is 16.2 Å². The molecule has 1 amide bonds. The number of amides is 1. The van der Waals surface area contributed by atoms with E-state index in [-0.39, 0.29) is 11.4 Å². The normalized spacial score (nSPS) is 11.6. The van der Waals surface area contributed by atoms with Crippen molar-refractivity contribution in [2.45, 2.75) is 6.18 Å². The fraction of sp³-hybridized carbons (Fsp3) is 0.125. The van der Waals surface area contributed by atoms with Gasteiger partial charge in [-0.25, -0.2) is 4.98 Å². The number of methoxy groups -OCH3 is 1. The number of anilines is 1. The van der Waals surface area contributed by atoms with Crippen LogP contribution in [0, 0.1) is 0 Å². The fourth-order valence-electron chi connectivity index (χ4n) is 2.34. The van der Waals surface area contributed by atoms with Gasteiger partial charge in [0.1, 0.15) is 5.69 Å². The zero-order valence-electron chi connectivity index (χ0n) is 12.8. The number of halogens is 4. The zero-order valence-corrected chi connectivity index (χ0v) is 13.5. The summed E-state index contributed by atoms with van der Waals surface area (Å²) in [6.07, 6.45) is -3.49. The molecular formula is C16H11ClF3N3O2. The minimum absolute atomic E-state index is 0.0985. The molecule has 1 N–H and O–H groups in total. The third-order valence-electron chi connectivity index (χ3n) is 3.42. The van der Waals surface area contributed by atoms with Gasteiger partial charge < -0.3 is 10.1 Å². The van der Waals surface area contributed by atoms with Gasteiger partial charge in [-0.1, -0.05) is 11.6 Å². The molecule has 3 rings (SSSR count). The Labute approximate surface area is 145 Å². The maximum Gasteiger partial charge on any atom is 0.435 e. The number of nitrogens with one attached hydrogen (secondary N) is 1. The summed E-state index contributed by atoms with van der Waals surface area (Å²) in [5.74, 6) is -0.825. The highest BCUT2D eigenvalue weighted by molar-refractivity contribution is 6.30. The van der Waals surface area contributed by atoms with Gasteiger partial charge in [0.2, 0.25) is 0 Å². The highest BCUT2D eigenvalue weighted by Crippen LogP contribution is 2.34. The van der Waals surface area contributed by atoms with E-state index in [1.54, 1.807) is 0 Å². The average molecular weight is 370 g/mol. The van der Waals surface area contributed by atoms with Crippen LogP contribution < -0.4 is 10.1 Å². The van der Waals surface area contributed by atoms with Crippen molar-refractivity contribution in [3.05, 3.63) is 59.0 Å². The van der Waals surface area contributed by atoms with Crippen LogP contribution in [0.2, 0.25) is 5.02 Å². The lowest BCUT2D eigenvalue weighted by Crippen LogP contribution is -2.20. The molecule has 2 aromatic heterocycles. The number of benzene rings is 1. The molecule has 130 valence electrons. The number of imidazole rings is 1. The van der Waals surface area contributed by atoms with Crippen LogP contribution in [-0.2, 0) is 6.18 Å². The second-order valence-corrected chi connectivity index (χ2v) is 5.47. The van der Waals surface area contributed by atoms with Gasteiger partial charge in [0.25, 0.3) is 5.91 Å². The standard InChI is InChI=1S/C16H11ClF3N3O2/c1-25-11-3-2-8-23-12(13(16(18,19)20)22-14(11)23)15(24)21-10-6-4-9(17)5-7-10/h2-8H,1H3,(H,21,24). The van der Waals surface area contributed by atoms with Crippen molar-refractivity contribution in [2.24, 2.45) is 0 Å². The molecule has 0 fully saturated rings. The van der Waals surface area contributed by atoms with Crippen LogP contribution >= 0.6 is 11.6 Å². The van der Waals surface area contributed by atoms with E-state index in [0.29, 0.717) is 10.7 Å². The van der Waals surface area contributed by atoms with E-state index in [9.17, 15) is 18.0 Å². The van der Waals surface area contributed by atoms with Crippen LogP contribution in [0.15, 0.2) is 42.6 Å². The van der Waals surface area contributed by atoms with Crippen LogP contribution in [-0.4, -0.2) is 22.4 Å². The van der Waals surface area contributed by atoms with Crippen molar-refractivity contribution in [2.75, 3.05) is 12.4 Å². The number of hydrogen-bond acceptors (Lipinski definition) is 3. The number of hydrogen-bond donors (Lipinski definition) is 1. The molecule has 1 aromatic carbocycles. The molecule has 0 spiro atoms. The number of carbonyl (C=O) groups is 1. The number of alkyl halides is 3. The smallest absolute Gasteiger partial charge is 0.435 e. The van der Waals surface area contributed by atoms with E-state index in [1.165, 1.54) is 49.7 Å². The maximum absolute atomic E-state index is 13.4. The lowest BCUT2D eigenvalue weighted by atomic mass is 10.2. The molecule has 2 heterocycles. The number of aromatic nitrogens is 2. The summed E-state index contributed by atoms with van der Waals surface area (Å²) in [4.78, 5) is 16.1. The summed E-state index contributed by atoms with van der Waals surface area (Å²) >= 11 is 5.75. The van der Waals surface area contributed by atoms with E-state index in [2.05, 4.69) is 10.3 Å². The Hall–Kier alpha value is -2.74. The highest BCUT2D eigenvalue weighted by atomic mass is 35.5. The van der Waals surface area contributed by atoms with E-state index in [1.807, 2.05) is 0 Å². The topological polar surface area (TPSA) is 55.6 Å². The summed E-state index contributed by atoms with van der Waals surface area (Å²) in [7, 11) is 1.31. The third kappa shape index (κ3) is 3.25. The van der Waals surface area contributed by atoms with E-state index in [0.717, 1.165) is 4.40 Å². The molecule has 0 aliphatic rings. The molecule has 0 unspecified atom stereocenters. The Morgan fingerprint density at radius 2 is 1.92 bits per heavy atom. The van der Waals surface area contributed by atoms with Gasteiger partial charge in [0, 0.05) is 16.9 Å². The minimum atomic E-state index is -4.80. The SMILES string of the molecule is COc1cccn2c(C(=O)Nc3ccc(Cl)cc3)c(C(F)(F)F)nc12. The van der Waals surface area contributed by atoms with Gasteiger partial charge >= 0.3 is 6.18 Å². The number of nitrogens with zero attached hydrogens (tertiary/aromatic N) is 2. The molecule has 0 saturated heterocycles. The number of fused-ring (bicyclic) bond motifs is 1. The van der Waals surface area contributed by atoms with Gasteiger partial charge in [-0.05, 0) is 36.4 Å². The molecule has 3 aromatic rings. The number of rotatable bonds is 3. The Balaban J connectivity index is 2.12. The highest BCUT2D eigenvalue weighted by Gasteiger charge is 2.40. The molecule has 0 aliphatic carbocycles. The largest absolute Gasteiger partial charge is 0.493 e. The summed E-state index contributed by atoms with van der Waals surface area (Å²) in [6.45, 7) is 0. The van der Waals surface area contributed by atoms with Gasteiger partial charge in [-0.15, -0.1) is 0 Å². The second-order valence-electron chi connectivity index (χ2n) is 5.04. The zero-order chi connectivity index (χ0) is 18.2. The van der Waals surface area contributed by atoms with Crippen molar-refractivity contribution in [3.8, 4) is 5.75 Å². The first-order chi connectivity index (χ1) is 11.8. The maximum atomic E-state index is 13.4. The van der Waals surface area contributed by atoms with Crippen molar-refractivity contribution in [1.82, 2.24) is 9.38 Å². The lowest BCUT2D eigenvalue weighted by Gasteiger charge is -2.09. The van der Waals surface area contributed by atoms with Gasteiger partial charge in [-0.2, -0.15) is 13.2 Å². The van der Waals surface area contributed by atoms with E-state index in [4.69, 9.17) is 16.3 Å². The summed E-state index contributed by atoms with van der Waals surface area (Å²) < 4.78 is 46.2. The van der Waals surface area contributed by atoms with Gasteiger partial charge in [0.05, 0.1) is 7.11 Å². The minimum Gasteiger partial charge on any atom is -0.493 e. The molecule has 9 heteroatoms. The third-order valence-corrected chi connectivity index (χ3v) is 3.67. The first-order valence-electron chi connectivity index (χ1n) is 7.00. The fourth-order valence-corrected chi connectivity index (χ4v) is 2.47. The number of carbonyl (C=O) groups excluding carboxylic acids is 1. The Kier molecular flexibility index (Phi) is 4.30. The molecule has 25 heavy (non-hydrogen) atoms. The Morgan fingerprint density at radius 1 is 1.24 bits per heavy atom. The Bertz CT molecular complexity index is 936. The van der Waals surface area contributed by atoms with Gasteiger partial charge in [-0.3, -0.25) is 9.20 Å². The number of ether oxygens (including phenoxy) is 1. The molecule has 0 bridgehead atoms. The van der Waals surface area contributed by atoms with Gasteiger partial charge in [0.15, 0.2) is 17.1 Å². The van der Waals surface area contributed by atoms with Crippen LogP contribution in [0.4, 0.5) is 18.9 Å². The molecule has 0 radical (unpaired) electrons. The lowest BCUT2D eigenvalue weighted by molar-refractivity contribution is -0.141. The van der Waals surface area contributed by atoms with E-state index < -0.39 is 23.5 Å². The average Bonchev–Trinajstić information content (AvgIpc) is 2.97. The molecule has 0 atom stereocenters. The molecule has 5 nitrogen and oxygen atoms in total. The monoisotopic (exact) mass is 369 g/mol. The first-order valence-corrected chi connectivity index (χ1v) is 7.38. The first kappa shape index (κ1) is 17.1. The van der Waals surface area contributed by atoms with Crippen LogP contribution in [0.5, 0.6) is 5.75 Å². The molecular weight excluding hydrogens is 359 g/mol. The van der Waals surface area contributed by atoms with Crippen molar-refractivity contribution in [3.63, 3.8) is 0 Å². The number of pyridine rings is 1. The van der Waals surface area contributed by atoms with Crippen molar-refractivity contribution in [1.29, 1.82) is 0 Å². The van der Waals surface area contributed by atoms with E-state index >= 15 is 0 Å². The predicted octanol–water partition coefficient (Wildman–Crippen LogP) is 4.27. The van der Waals surface area contributed by atoms with Crippen molar-refractivity contribution < 1.29 is 22.7 Å². The quantitative estimate of drug-likeness (QED) is 0.750. The summed E-state index contributed by atoms with van der Waals surface area (Å²) in [5.41, 5.74) is -1.71.